The van der Waals surface area contributed by atoms with Gasteiger partial charge < -0.3 is 9.47 Å². The van der Waals surface area contributed by atoms with Crippen molar-refractivity contribution in [1.82, 2.24) is 0 Å². The molecule has 32 heavy (non-hydrogen) atoms. The van der Waals surface area contributed by atoms with Gasteiger partial charge in [0, 0.05) is 0 Å². The van der Waals surface area contributed by atoms with Gasteiger partial charge in [-0.2, -0.15) is 0 Å². The summed E-state index contributed by atoms with van der Waals surface area (Å²) in [6, 6.07) is 18.3. The molecule has 0 radical (unpaired) electrons. The molecule has 0 amide bonds. The van der Waals surface area contributed by atoms with Gasteiger partial charge in [-0.15, -0.1) is 0 Å². The Morgan fingerprint density at radius 3 is 2.22 bits per heavy atom. The first-order chi connectivity index (χ1) is 15.5. The zero-order chi connectivity index (χ0) is 22.6. The minimum Gasteiger partial charge on any atom is -0.462 e. The first-order valence-corrected chi connectivity index (χ1v) is 11.6. The number of benzene rings is 2. The number of carbonyl (C=O) groups is 2. The van der Waals surface area contributed by atoms with Crippen molar-refractivity contribution in [2.75, 3.05) is 6.61 Å². The van der Waals surface area contributed by atoms with Crippen LogP contribution in [0.25, 0.3) is 0 Å². The summed E-state index contributed by atoms with van der Waals surface area (Å²) in [4.78, 5) is 25.2. The number of allylic oxidation sites excluding steroid dienone is 2. The van der Waals surface area contributed by atoms with E-state index in [0.717, 1.165) is 25.7 Å². The maximum absolute atomic E-state index is 12.7. The van der Waals surface area contributed by atoms with E-state index in [-0.39, 0.29) is 35.3 Å². The number of esters is 2. The molecule has 0 aromatic heterocycles. The Kier molecular flexibility index (Phi) is 6.78. The van der Waals surface area contributed by atoms with Gasteiger partial charge in [0.2, 0.25) is 0 Å². The summed E-state index contributed by atoms with van der Waals surface area (Å²) >= 11 is 0. The van der Waals surface area contributed by atoms with Crippen molar-refractivity contribution in [2.45, 2.75) is 45.6 Å². The summed E-state index contributed by atoms with van der Waals surface area (Å²) in [6.45, 7) is 4.88. The van der Waals surface area contributed by atoms with Crippen LogP contribution in [-0.2, 0) is 9.47 Å². The van der Waals surface area contributed by atoms with E-state index in [0.29, 0.717) is 23.7 Å². The summed E-state index contributed by atoms with van der Waals surface area (Å²) in [5.74, 6) is 0.373. The molecule has 2 aromatic carbocycles. The third-order valence-electron chi connectivity index (χ3n) is 7.23. The van der Waals surface area contributed by atoms with Crippen LogP contribution in [0.3, 0.4) is 0 Å². The molecule has 4 rings (SSSR count). The van der Waals surface area contributed by atoms with Gasteiger partial charge in [-0.1, -0.05) is 62.4 Å². The van der Waals surface area contributed by atoms with E-state index in [4.69, 9.17) is 9.47 Å². The van der Waals surface area contributed by atoms with Gasteiger partial charge in [-0.05, 0) is 73.1 Å². The van der Waals surface area contributed by atoms with Gasteiger partial charge in [0.05, 0.1) is 17.7 Å². The molecule has 0 aliphatic heterocycles. The fourth-order valence-corrected chi connectivity index (χ4v) is 5.51. The van der Waals surface area contributed by atoms with Crippen LogP contribution in [0.15, 0.2) is 72.8 Å². The van der Waals surface area contributed by atoms with Crippen molar-refractivity contribution < 1.29 is 19.1 Å². The Hall–Kier alpha value is -2.88. The summed E-state index contributed by atoms with van der Waals surface area (Å²) in [5, 5.41) is 0. The van der Waals surface area contributed by atoms with Gasteiger partial charge in [0.15, 0.2) is 0 Å². The smallest absolute Gasteiger partial charge is 0.338 e. The van der Waals surface area contributed by atoms with Crippen LogP contribution in [0.2, 0.25) is 0 Å². The van der Waals surface area contributed by atoms with E-state index < -0.39 is 0 Å². The van der Waals surface area contributed by atoms with Crippen LogP contribution in [0.4, 0.5) is 0 Å². The van der Waals surface area contributed by atoms with Crippen molar-refractivity contribution in [1.29, 1.82) is 0 Å². The molecule has 0 saturated heterocycles. The van der Waals surface area contributed by atoms with Crippen LogP contribution in [-0.4, -0.2) is 24.6 Å². The monoisotopic (exact) mass is 432 g/mol. The number of fused-ring (bicyclic) bond motifs is 1. The van der Waals surface area contributed by atoms with Crippen molar-refractivity contribution in [3.8, 4) is 0 Å². The second-order valence-electron chi connectivity index (χ2n) is 9.54. The van der Waals surface area contributed by atoms with Crippen LogP contribution in [0.5, 0.6) is 0 Å². The largest absolute Gasteiger partial charge is 0.462 e. The van der Waals surface area contributed by atoms with Crippen LogP contribution >= 0.6 is 0 Å². The summed E-state index contributed by atoms with van der Waals surface area (Å²) < 4.78 is 11.7. The zero-order valence-electron chi connectivity index (χ0n) is 18.9. The average Bonchev–Trinajstić information content (AvgIpc) is 3.18. The lowest BCUT2D eigenvalue weighted by Crippen LogP contribution is -2.39. The minimum atomic E-state index is -0.277. The van der Waals surface area contributed by atoms with Crippen LogP contribution in [0.1, 0.15) is 60.2 Å². The molecule has 4 nitrogen and oxygen atoms in total. The summed E-state index contributed by atoms with van der Waals surface area (Å²) in [5.41, 5.74) is 1.18. The zero-order valence-corrected chi connectivity index (χ0v) is 18.9. The van der Waals surface area contributed by atoms with E-state index in [1.165, 1.54) is 0 Å². The lowest BCUT2D eigenvalue weighted by molar-refractivity contribution is -0.0192. The first-order valence-electron chi connectivity index (χ1n) is 11.6. The van der Waals surface area contributed by atoms with Crippen LogP contribution < -0.4 is 0 Å². The van der Waals surface area contributed by atoms with Crippen molar-refractivity contribution >= 4 is 11.9 Å². The number of hydrogen-bond donors (Lipinski definition) is 0. The highest BCUT2D eigenvalue weighted by atomic mass is 16.5. The topological polar surface area (TPSA) is 52.6 Å². The molecule has 0 unspecified atom stereocenters. The third kappa shape index (κ3) is 4.95. The lowest BCUT2D eigenvalue weighted by Gasteiger charge is -2.42. The third-order valence-corrected chi connectivity index (χ3v) is 7.23. The molecule has 0 heterocycles. The molecule has 0 N–H and O–H groups in total. The molecule has 1 saturated carbocycles. The fraction of sp³-hybridized carbons (Fsp3) is 0.429. The molecule has 2 aliphatic rings. The van der Waals surface area contributed by atoms with Gasteiger partial charge in [0.25, 0.3) is 0 Å². The van der Waals surface area contributed by atoms with Gasteiger partial charge in [0.1, 0.15) is 6.10 Å². The van der Waals surface area contributed by atoms with E-state index in [1.54, 1.807) is 24.3 Å². The molecule has 0 spiro atoms. The Morgan fingerprint density at radius 1 is 0.938 bits per heavy atom. The first kappa shape index (κ1) is 22.3. The molecule has 4 heteroatoms. The van der Waals surface area contributed by atoms with Gasteiger partial charge in [-0.3, -0.25) is 0 Å². The number of rotatable bonds is 5. The molecule has 0 bridgehead atoms. The van der Waals surface area contributed by atoms with E-state index >= 15 is 0 Å². The summed E-state index contributed by atoms with van der Waals surface area (Å²) in [6.07, 6.45) is 8.03. The lowest BCUT2D eigenvalue weighted by atomic mass is 9.64. The van der Waals surface area contributed by atoms with E-state index in [1.807, 2.05) is 36.4 Å². The number of hydrogen-bond acceptors (Lipinski definition) is 4. The molecule has 2 aliphatic carbocycles. The highest BCUT2D eigenvalue weighted by Gasteiger charge is 2.44. The van der Waals surface area contributed by atoms with Crippen molar-refractivity contribution in [3.05, 3.63) is 83.9 Å². The Bertz CT molecular complexity index is 952. The highest BCUT2D eigenvalue weighted by Crippen LogP contribution is 2.50. The second kappa shape index (κ2) is 9.72. The van der Waals surface area contributed by atoms with Crippen molar-refractivity contribution in [3.63, 3.8) is 0 Å². The molecule has 5 atom stereocenters. The van der Waals surface area contributed by atoms with E-state index in [9.17, 15) is 9.59 Å². The molecule has 168 valence electrons. The average molecular weight is 433 g/mol. The number of carbonyl (C=O) groups excluding carboxylic acids is 2. The Morgan fingerprint density at radius 2 is 1.56 bits per heavy atom. The molecular formula is C28H32O4. The summed E-state index contributed by atoms with van der Waals surface area (Å²) in [7, 11) is 0. The fourth-order valence-electron chi connectivity index (χ4n) is 5.51. The quantitative estimate of drug-likeness (QED) is 0.424. The molecular weight excluding hydrogens is 400 g/mol. The standard InChI is InChI=1S/C28H32O4/c1-20-18-28(2)17-9-14-24(28)23(19-31-26(29)21-10-5-3-6-11-21)15-16-25(20)32-27(30)22-12-7-4-8-13-22/h3-13,17,20,23-25H,14-16,18-19H2,1-2H3/t20-,23-,24-,25-,28-/m1/s1. The van der Waals surface area contributed by atoms with Gasteiger partial charge >= 0.3 is 11.9 Å². The maximum atomic E-state index is 12.7. The van der Waals surface area contributed by atoms with Gasteiger partial charge in [-0.25, -0.2) is 9.59 Å². The Labute approximate surface area is 190 Å². The van der Waals surface area contributed by atoms with E-state index in [2.05, 4.69) is 26.0 Å². The molecule has 1 fully saturated rings. The second-order valence-corrected chi connectivity index (χ2v) is 9.54. The normalized spacial score (nSPS) is 29.4. The minimum absolute atomic E-state index is 0.0149. The van der Waals surface area contributed by atoms with Crippen molar-refractivity contribution in [2.24, 2.45) is 23.2 Å². The maximum Gasteiger partial charge on any atom is 0.338 e. The SMILES string of the molecule is C[C@@H]1C[C@@]2(C)C=CC[C@@H]2[C@@H](COC(=O)c2ccccc2)CC[C@H]1OC(=O)c1ccccc1. The van der Waals surface area contributed by atoms with Crippen LogP contribution in [0, 0.1) is 23.2 Å². The Balaban J connectivity index is 1.46. The highest BCUT2D eigenvalue weighted by molar-refractivity contribution is 5.89. The predicted octanol–water partition coefficient (Wildman–Crippen LogP) is 6.09. The molecule has 2 aromatic rings. The predicted molar refractivity (Wildman–Crippen MR) is 124 cm³/mol. The number of ether oxygens (including phenoxy) is 2.